The summed E-state index contributed by atoms with van der Waals surface area (Å²) in [5.41, 5.74) is 1.11. The first-order chi connectivity index (χ1) is 15.3. The van der Waals surface area contributed by atoms with E-state index in [4.69, 9.17) is 25.6 Å². The fourth-order valence-corrected chi connectivity index (χ4v) is 2.94. The second-order valence-electron chi connectivity index (χ2n) is 6.63. The molecule has 1 amide bonds. The minimum Gasteiger partial charge on any atom is -0.488 e. The van der Waals surface area contributed by atoms with Crippen LogP contribution in [0.2, 0.25) is 5.02 Å². The molecule has 0 radical (unpaired) electrons. The lowest BCUT2D eigenvalue weighted by Gasteiger charge is -2.11. The average molecular weight is 460 g/mol. The van der Waals surface area contributed by atoms with Crippen molar-refractivity contribution in [3.8, 4) is 5.75 Å². The van der Waals surface area contributed by atoms with Gasteiger partial charge in [0.25, 0.3) is 11.6 Å². The van der Waals surface area contributed by atoms with Gasteiger partial charge in [-0.1, -0.05) is 28.9 Å². The summed E-state index contributed by atoms with van der Waals surface area (Å²) in [6.45, 7) is 3.00. The van der Waals surface area contributed by atoms with Gasteiger partial charge in [-0.05, 0) is 38.1 Å². The van der Waals surface area contributed by atoms with E-state index in [-0.39, 0.29) is 34.3 Å². The van der Waals surface area contributed by atoms with E-state index in [1.54, 1.807) is 32.0 Å². The second-order valence-corrected chi connectivity index (χ2v) is 7.07. The van der Waals surface area contributed by atoms with E-state index in [2.05, 4.69) is 10.5 Å². The van der Waals surface area contributed by atoms with Crippen molar-refractivity contribution >= 4 is 34.9 Å². The molecule has 1 aromatic heterocycles. The van der Waals surface area contributed by atoms with Gasteiger partial charge in [0.15, 0.2) is 6.61 Å². The number of benzene rings is 2. The number of halogens is 1. The van der Waals surface area contributed by atoms with E-state index in [0.29, 0.717) is 11.5 Å². The van der Waals surface area contributed by atoms with E-state index in [0.717, 1.165) is 11.6 Å². The van der Waals surface area contributed by atoms with Gasteiger partial charge >= 0.3 is 5.97 Å². The molecule has 32 heavy (non-hydrogen) atoms. The molecule has 1 N–H and O–H groups in total. The maximum atomic E-state index is 12.5. The van der Waals surface area contributed by atoms with Gasteiger partial charge in [0.1, 0.15) is 29.4 Å². The van der Waals surface area contributed by atoms with E-state index in [1.807, 2.05) is 0 Å². The summed E-state index contributed by atoms with van der Waals surface area (Å²) in [5.74, 6) is -0.681. The van der Waals surface area contributed by atoms with Crippen LogP contribution >= 0.6 is 11.6 Å². The highest BCUT2D eigenvalue weighted by Crippen LogP contribution is 2.28. The van der Waals surface area contributed by atoms with Crippen LogP contribution in [0.3, 0.4) is 0 Å². The number of carbonyl (C=O) groups is 2. The van der Waals surface area contributed by atoms with Gasteiger partial charge in [0.05, 0.1) is 16.2 Å². The number of carbonyl (C=O) groups excluding carboxylic acids is 2. The summed E-state index contributed by atoms with van der Waals surface area (Å²) in [6.07, 6.45) is 0. The predicted octanol–water partition coefficient (Wildman–Crippen LogP) is 4.23. The van der Waals surface area contributed by atoms with Crippen LogP contribution in [0.25, 0.3) is 0 Å². The van der Waals surface area contributed by atoms with Crippen LogP contribution in [-0.4, -0.2) is 28.6 Å². The van der Waals surface area contributed by atoms with Crippen LogP contribution in [-0.2, 0) is 16.1 Å². The Morgan fingerprint density at radius 1 is 1.22 bits per heavy atom. The predicted molar refractivity (Wildman–Crippen MR) is 114 cm³/mol. The molecule has 0 aliphatic heterocycles. The number of nitrogens with one attached hydrogen (secondary N) is 1. The second kappa shape index (κ2) is 9.92. The molecule has 1 heterocycles. The number of amides is 1. The van der Waals surface area contributed by atoms with Crippen LogP contribution in [0.4, 0.5) is 11.4 Å². The molecule has 11 heteroatoms. The van der Waals surface area contributed by atoms with E-state index in [9.17, 15) is 19.7 Å². The summed E-state index contributed by atoms with van der Waals surface area (Å²) in [4.78, 5) is 35.1. The number of anilines is 1. The van der Waals surface area contributed by atoms with Crippen LogP contribution in [0.1, 0.15) is 27.4 Å². The smallest absolute Gasteiger partial charge is 0.342 e. The molecule has 3 rings (SSSR count). The minimum atomic E-state index is -0.792. The van der Waals surface area contributed by atoms with E-state index < -0.39 is 23.4 Å². The minimum absolute atomic E-state index is 0.0661. The highest BCUT2D eigenvalue weighted by molar-refractivity contribution is 6.31. The van der Waals surface area contributed by atoms with Gasteiger partial charge in [-0.15, -0.1) is 0 Å². The Hall–Kier alpha value is -3.92. The number of hydrogen-bond donors (Lipinski definition) is 1. The molecule has 2 aromatic carbocycles. The fourth-order valence-electron chi connectivity index (χ4n) is 2.78. The number of nitrogens with zero attached hydrogens (tertiary/aromatic N) is 2. The highest BCUT2D eigenvalue weighted by atomic mass is 35.5. The lowest BCUT2D eigenvalue weighted by Crippen LogP contribution is -2.21. The van der Waals surface area contributed by atoms with Gasteiger partial charge in [-0.25, -0.2) is 4.79 Å². The summed E-state index contributed by atoms with van der Waals surface area (Å²) < 4.78 is 15.9. The quantitative estimate of drug-likeness (QED) is 0.300. The number of rotatable bonds is 8. The summed E-state index contributed by atoms with van der Waals surface area (Å²) in [5, 5.41) is 17.4. The van der Waals surface area contributed by atoms with Gasteiger partial charge in [0.2, 0.25) is 0 Å². The van der Waals surface area contributed by atoms with Crippen molar-refractivity contribution in [3.05, 3.63) is 80.2 Å². The summed E-state index contributed by atoms with van der Waals surface area (Å²) in [7, 11) is 0. The fraction of sp³-hybridized carbons (Fsp3) is 0.190. The topological polar surface area (TPSA) is 134 Å². The maximum absolute atomic E-state index is 12.5. The van der Waals surface area contributed by atoms with E-state index in [1.165, 1.54) is 18.2 Å². The molecule has 166 valence electrons. The third-order valence-corrected chi connectivity index (χ3v) is 4.66. The zero-order chi connectivity index (χ0) is 23.3. The Balaban J connectivity index is 1.63. The molecule has 0 aliphatic rings. The van der Waals surface area contributed by atoms with Crippen molar-refractivity contribution in [1.29, 1.82) is 0 Å². The first kappa shape index (κ1) is 22.8. The van der Waals surface area contributed by atoms with Crippen molar-refractivity contribution in [2.24, 2.45) is 0 Å². The Kier molecular flexibility index (Phi) is 7.06. The van der Waals surface area contributed by atoms with Crippen molar-refractivity contribution in [1.82, 2.24) is 5.16 Å². The molecule has 0 fully saturated rings. The van der Waals surface area contributed by atoms with Gasteiger partial charge < -0.3 is 19.3 Å². The first-order valence-corrected chi connectivity index (χ1v) is 9.68. The molecule has 0 saturated carbocycles. The zero-order valence-corrected chi connectivity index (χ0v) is 17.8. The van der Waals surface area contributed by atoms with Gasteiger partial charge in [-0.2, -0.15) is 0 Å². The Morgan fingerprint density at radius 3 is 2.66 bits per heavy atom. The van der Waals surface area contributed by atoms with Crippen LogP contribution in [0.15, 0.2) is 47.0 Å². The lowest BCUT2D eigenvalue weighted by molar-refractivity contribution is -0.383. The number of hydrogen-bond acceptors (Lipinski definition) is 8. The summed E-state index contributed by atoms with van der Waals surface area (Å²) >= 11 is 5.75. The monoisotopic (exact) mass is 459 g/mol. The Labute approximate surface area is 187 Å². The van der Waals surface area contributed by atoms with Crippen molar-refractivity contribution in [2.75, 3.05) is 11.9 Å². The number of nitro groups is 1. The molecule has 0 spiro atoms. The number of aromatic nitrogens is 1. The Bertz CT molecular complexity index is 1160. The first-order valence-electron chi connectivity index (χ1n) is 9.30. The van der Waals surface area contributed by atoms with Crippen molar-refractivity contribution in [2.45, 2.75) is 20.5 Å². The molecular weight excluding hydrogens is 442 g/mol. The third-order valence-electron chi connectivity index (χ3n) is 4.43. The van der Waals surface area contributed by atoms with Crippen molar-refractivity contribution < 1.29 is 28.5 Å². The van der Waals surface area contributed by atoms with Gasteiger partial charge in [-0.3, -0.25) is 14.9 Å². The number of ether oxygens (including phenoxy) is 2. The number of nitro benzene ring substituents is 1. The highest BCUT2D eigenvalue weighted by Gasteiger charge is 2.19. The molecule has 0 aliphatic carbocycles. The standard InChI is InChI=1S/C21H18ClN3O7/c1-12-16(13(2)32-24-12)10-30-19-6-4-3-5-15(19)21(27)31-11-20(26)23-17-8-7-14(22)9-18(17)25(28)29/h3-9H,10-11H2,1-2H3,(H,23,26). The van der Waals surface area contributed by atoms with Crippen LogP contribution in [0, 0.1) is 24.0 Å². The van der Waals surface area contributed by atoms with Crippen LogP contribution < -0.4 is 10.1 Å². The van der Waals surface area contributed by atoms with Crippen LogP contribution in [0.5, 0.6) is 5.75 Å². The normalized spacial score (nSPS) is 10.5. The molecule has 0 saturated heterocycles. The third kappa shape index (κ3) is 5.41. The zero-order valence-electron chi connectivity index (χ0n) is 17.1. The Morgan fingerprint density at radius 2 is 1.97 bits per heavy atom. The largest absolute Gasteiger partial charge is 0.488 e. The van der Waals surface area contributed by atoms with Gasteiger partial charge in [0, 0.05) is 11.1 Å². The van der Waals surface area contributed by atoms with E-state index >= 15 is 0 Å². The molecule has 3 aromatic rings. The SMILES string of the molecule is Cc1noc(C)c1COc1ccccc1C(=O)OCC(=O)Nc1ccc(Cl)cc1[N+](=O)[O-]. The molecule has 0 atom stereocenters. The molecule has 0 unspecified atom stereocenters. The maximum Gasteiger partial charge on any atom is 0.342 e. The van der Waals surface area contributed by atoms with Crippen molar-refractivity contribution in [3.63, 3.8) is 0 Å². The number of para-hydroxylation sites is 1. The lowest BCUT2D eigenvalue weighted by atomic mass is 10.2. The summed E-state index contributed by atoms with van der Waals surface area (Å²) in [6, 6.07) is 10.2. The molecule has 0 bridgehead atoms. The number of esters is 1. The number of aryl methyl sites for hydroxylation is 2. The molecular formula is C21H18ClN3O7. The average Bonchev–Trinajstić information content (AvgIpc) is 3.09. The molecule has 10 nitrogen and oxygen atoms in total.